The van der Waals surface area contributed by atoms with Gasteiger partial charge in [0.2, 0.25) is 0 Å². The van der Waals surface area contributed by atoms with Gasteiger partial charge in [0, 0.05) is 24.8 Å². The molecule has 0 bridgehead atoms. The van der Waals surface area contributed by atoms with Crippen LogP contribution in [0.25, 0.3) is 0 Å². The van der Waals surface area contributed by atoms with Crippen molar-refractivity contribution in [2.75, 3.05) is 19.8 Å². The fourth-order valence-corrected chi connectivity index (χ4v) is 1.93. The van der Waals surface area contributed by atoms with Crippen LogP contribution in [0.3, 0.4) is 0 Å². The molecule has 0 fully saturated rings. The molecule has 0 aliphatic rings. The molecule has 0 heterocycles. The van der Waals surface area contributed by atoms with E-state index in [1.165, 1.54) is 6.07 Å². The van der Waals surface area contributed by atoms with Gasteiger partial charge < -0.3 is 10.1 Å². The van der Waals surface area contributed by atoms with Crippen LogP contribution in [0.4, 0.5) is 4.39 Å². The predicted octanol–water partition coefficient (Wildman–Crippen LogP) is 3.68. The van der Waals surface area contributed by atoms with Gasteiger partial charge in [-0.15, -0.1) is 0 Å². The monoisotopic (exact) mass is 253 g/mol. The summed E-state index contributed by atoms with van der Waals surface area (Å²) in [5.41, 5.74) is 0.759. The largest absolute Gasteiger partial charge is 0.381 e. The first-order valence-corrected chi connectivity index (χ1v) is 6.85. The summed E-state index contributed by atoms with van der Waals surface area (Å²) in [6.45, 7) is 6.62. The zero-order valence-electron chi connectivity index (χ0n) is 11.4. The maximum Gasteiger partial charge on any atom is 0.127 e. The third kappa shape index (κ3) is 5.15. The average molecular weight is 253 g/mol. The molecular formula is C15H24FNO. The van der Waals surface area contributed by atoms with E-state index >= 15 is 0 Å². The summed E-state index contributed by atoms with van der Waals surface area (Å²) >= 11 is 0. The molecule has 1 aromatic rings. The standard InChI is InChI=1S/C15H24FNO/c1-3-11-18-12-7-10-17-15(4-2)13-8-5-6-9-14(13)16/h5-6,8-9,15,17H,3-4,7,10-12H2,1-2H3. The van der Waals surface area contributed by atoms with Crippen LogP contribution in [0.1, 0.15) is 44.7 Å². The minimum atomic E-state index is -0.126. The van der Waals surface area contributed by atoms with Crippen LogP contribution >= 0.6 is 0 Å². The number of nitrogens with one attached hydrogen (secondary N) is 1. The van der Waals surface area contributed by atoms with E-state index in [1.807, 2.05) is 12.1 Å². The molecule has 1 N–H and O–H groups in total. The van der Waals surface area contributed by atoms with E-state index in [0.29, 0.717) is 0 Å². The van der Waals surface area contributed by atoms with Crippen LogP contribution in [0, 0.1) is 5.82 Å². The van der Waals surface area contributed by atoms with Gasteiger partial charge in [-0.1, -0.05) is 32.0 Å². The lowest BCUT2D eigenvalue weighted by Crippen LogP contribution is -2.23. The van der Waals surface area contributed by atoms with Crippen molar-refractivity contribution < 1.29 is 9.13 Å². The van der Waals surface area contributed by atoms with Crippen molar-refractivity contribution >= 4 is 0 Å². The van der Waals surface area contributed by atoms with Crippen molar-refractivity contribution in [3.8, 4) is 0 Å². The van der Waals surface area contributed by atoms with Crippen LogP contribution in [-0.4, -0.2) is 19.8 Å². The maximum atomic E-state index is 13.6. The number of hydrogen-bond donors (Lipinski definition) is 1. The molecule has 102 valence electrons. The Balaban J connectivity index is 2.32. The Bertz CT molecular complexity index is 330. The Morgan fingerprint density at radius 2 is 2.00 bits per heavy atom. The van der Waals surface area contributed by atoms with E-state index in [0.717, 1.165) is 44.6 Å². The van der Waals surface area contributed by atoms with E-state index in [1.54, 1.807) is 6.07 Å². The minimum absolute atomic E-state index is 0.0948. The summed E-state index contributed by atoms with van der Waals surface area (Å²) in [6, 6.07) is 7.07. The van der Waals surface area contributed by atoms with Gasteiger partial charge in [0.05, 0.1) is 0 Å². The molecule has 0 saturated carbocycles. The smallest absolute Gasteiger partial charge is 0.127 e. The van der Waals surface area contributed by atoms with Crippen LogP contribution in [0.5, 0.6) is 0 Å². The Kier molecular flexibility index (Phi) is 7.62. The summed E-state index contributed by atoms with van der Waals surface area (Å²) in [7, 11) is 0. The van der Waals surface area contributed by atoms with Crippen LogP contribution in [0.15, 0.2) is 24.3 Å². The second-order valence-corrected chi connectivity index (χ2v) is 4.40. The highest BCUT2D eigenvalue weighted by Gasteiger charge is 2.11. The molecule has 18 heavy (non-hydrogen) atoms. The van der Waals surface area contributed by atoms with Crippen molar-refractivity contribution in [2.24, 2.45) is 0 Å². The van der Waals surface area contributed by atoms with Gasteiger partial charge in [-0.2, -0.15) is 0 Å². The third-order valence-corrected chi connectivity index (χ3v) is 2.89. The lowest BCUT2D eigenvalue weighted by molar-refractivity contribution is 0.131. The van der Waals surface area contributed by atoms with E-state index in [9.17, 15) is 4.39 Å². The van der Waals surface area contributed by atoms with Crippen molar-refractivity contribution in [1.82, 2.24) is 5.32 Å². The lowest BCUT2D eigenvalue weighted by Gasteiger charge is -2.18. The van der Waals surface area contributed by atoms with Gasteiger partial charge in [-0.25, -0.2) is 4.39 Å². The molecule has 1 rings (SSSR count). The molecule has 0 aliphatic heterocycles. The number of hydrogen-bond acceptors (Lipinski definition) is 2. The average Bonchev–Trinajstić information content (AvgIpc) is 2.39. The van der Waals surface area contributed by atoms with E-state index in [-0.39, 0.29) is 11.9 Å². The van der Waals surface area contributed by atoms with E-state index < -0.39 is 0 Å². The first-order valence-electron chi connectivity index (χ1n) is 6.85. The van der Waals surface area contributed by atoms with Crippen molar-refractivity contribution in [2.45, 2.75) is 39.2 Å². The Hall–Kier alpha value is -0.930. The van der Waals surface area contributed by atoms with Crippen molar-refractivity contribution in [3.05, 3.63) is 35.6 Å². The zero-order valence-corrected chi connectivity index (χ0v) is 11.4. The Labute approximate surface area is 110 Å². The Morgan fingerprint density at radius 3 is 2.67 bits per heavy atom. The summed E-state index contributed by atoms with van der Waals surface area (Å²) < 4.78 is 19.1. The summed E-state index contributed by atoms with van der Waals surface area (Å²) in [6.07, 6.45) is 2.90. The fraction of sp³-hybridized carbons (Fsp3) is 0.600. The van der Waals surface area contributed by atoms with Crippen LogP contribution in [0.2, 0.25) is 0 Å². The highest BCUT2D eigenvalue weighted by molar-refractivity contribution is 5.20. The van der Waals surface area contributed by atoms with Gasteiger partial charge in [-0.05, 0) is 31.9 Å². The summed E-state index contributed by atoms with van der Waals surface area (Å²) in [4.78, 5) is 0. The molecule has 1 atom stereocenters. The molecule has 0 aromatic heterocycles. The van der Waals surface area contributed by atoms with Gasteiger partial charge in [0.15, 0.2) is 0 Å². The SMILES string of the molecule is CCCOCCCNC(CC)c1ccccc1F. The second-order valence-electron chi connectivity index (χ2n) is 4.40. The molecular weight excluding hydrogens is 229 g/mol. The normalized spacial score (nSPS) is 12.6. The minimum Gasteiger partial charge on any atom is -0.381 e. The number of benzene rings is 1. The molecule has 0 amide bonds. The quantitative estimate of drug-likeness (QED) is 0.678. The van der Waals surface area contributed by atoms with Crippen molar-refractivity contribution in [3.63, 3.8) is 0 Å². The second kappa shape index (κ2) is 9.06. The van der Waals surface area contributed by atoms with E-state index in [4.69, 9.17) is 4.74 Å². The fourth-order valence-electron chi connectivity index (χ4n) is 1.93. The molecule has 0 radical (unpaired) electrons. The Morgan fingerprint density at radius 1 is 1.22 bits per heavy atom. The van der Waals surface area contributed by atoms with Crippen molar-refractivity contribution in [1.29, 1.82) is 0 Å². The maximum absolute atomic E-state index is 13.6. The highest BCUT2D eigenvalue weighted by Crippen LogP contribution is 2.19. The molecule has 2 nitrogen and oxygen atoms in total. The number of ether oxygens (including phenoxy) is 1. The predicted molar refractivity (Wildman–Crippen MR) is 73.2 cm³/mol. The lowest BCUT2D eigenvalue weighted by atomic mass is 10.0. The van der Waals surface area contributed by atoms with Gasteiger partial charge in [0.1, 0.15) is 5.82 Å². The molecule has 0 aliphatic carbocycles. The third-order valence-electron chi connectivity index (χ3n) is 2.89. The highest BCUT2D eigenvalue weighted by atomic mass is 19.1. The number of halogens is 1. The first-order chi connectivity index (χ1) is 8.79. The molecule has 1 unspecified atom stereocenters. The zero-order chi connectivity index (χ0) is 13.2. The van der Waals surface area contributed by atoms with Gasteiger partial charge in [-0.3, -0.25) is 0 Å². The molecule has 3 heteroatoms. The molecule has 1 aromatic carbocycles. The van der Waals surface area contributed by atoms with Gasteiger partial charge >= 0.3 is 0 Å². The molecule has 0 spiro atoms. The van der Waals surface area contributed by atoms with Gasteiger partial charge in [0.25, 0.3) is 0 Å². The topological polar surface area (TPSA) is 21.3 Å². The number of rotatable bonds is 9. The molecule has 0 saturated heterocycles. The van der Waals surface area contributed by atoms with Crippen LogP contribution < -0.4 is 5.32 Å². The van der Waals surface area contributed by atoms with Crippen LogP contribution in [-0.2, 0) is 4.74 Å². The van der Waals surface area contributed by atoms with E-state index in [2.05, 4.69) is 19.2 Å². The first kappa shape index (κ1) is 15.1. The summed E-state index contributed by atoms with van der Waals surface area (Å²) in [5.74, 6) is -0.126. The summed E-state index contributed by atoms with van der Waals surface area (Å²) in [5, 5.41) is 3.38.